The SMILES string of the molecule is CC(Cc1c[nH]c2ccccc12)(NC(=O)O)C(=O)NCC(NC(=O)CCC(=O)OCOC(=O)CCCC(=O)O)c1ccccc1. The number of aromatic nitrogens is 1. The van der Waals surface area contributed by atoms with Gasteiger partial charge in [0.2, 0.25) is 18.6 Å². The summed E-state index contributed by atoms with van der Waals surface area (Å²) in [6.07, 6.45) is -0.422. The number of benzene rings is 2. The second-order valence-corrected chi connectivity index (χ2v) is 10.4. The lowest BCUT2D eigenvalue weighted by molar-refractivity contribution is -0.167. The van der Waals surface area contributed by atoms with Crippen molar-refractivity contribution in [1.29, 1.82) is 0 Å². The Bertz CT molecular complexity index is 1510. The Morgan fingerprint density at radius 3 is 2.22 bits per heavy atom. The van der Waals surface area contributed by atoms with Crippen LogP contribution in [0.1, 0.15) is 56.2 Å². The van der Waals surface area contributed by atoms with Crippen LogP contribution in [0.2, 0.25) is 0 Å². The van der Waals surface area contributed by atoms with Crippen LogP contribution >= 0.6 is 0 Å². The average molecular weight is 625 g/mol. The molecule has 0 saturated carbocycles. The van der Waals surface area contributed by atoms with Gasteiger partial charge in [-0.05, 0) is 30.5 Å². The van der Waals surface area contributed by atoms with E-state index in [9.17, 15) is 33.9 Å². The van der Waals surface area contributed by atoms with E-state index in [1.807, 2.05) is 24.3 Å². The lowest BCUT2D eigenvalue weighted by atomic mass is 9.91. The molecule has 0 saturated heterocycles. The lowest BCUT2D eigenvalue weighted by Gasteiger charge is -2.29. The van der Waals surface area contributed by atoms with Crippen molar-refractivity contribution in [3.05, 3.63) is 71.9 Å². The molecule has 6 N–H and O–H groups in total. The van der Waals surface area contributed by atoms with Gasteiger partial charge in [-0.2, -0.15) is 0 Å². The monoisotopic (exact) mass is 624 g/mol. The van der Waals surface area contributed by atoms with Gasteiger partial charge >= 0.3 is 24.0 Å². The second kappa shape index (κ2) is 16.4. The molecule has 0 aliphatic carbocycles. The van der Waals surface area contributed by atoms with Crippen LogP contribution in [0.4, 0.5) is 4.79 Å². The number of carboxylic acid groups (broad SMARTS) is 2. The fourth-order valence-corrected chi connectivity index (χ4v) is 4.57. The first kappa shape index (κ1) is 34.1. The zero-order chi connectivity index (χ0) is 32.8. The van der Waals surface area contributed by atoms with E-state index in [2.05, 4.69) is 20.9 Å². The van der Waals surface area contributed by atoms with Gasteiger partial charge in [0.25, 0.3) is 0 Å². The Kier molecular flexibility index (Phi) is 12.5. The summed E-state index contributed by atoms with van der Waals surface area (Å²) in [6, 6.07) is 15.5. The highest BCUT2D eigenvalue weighted by Crippen LogP contribution is 2.23. The zero-order valence-corrected chi connectivity index (χ0v) is 24.7. The highest BCUT2D eigenvalue weighted by molar-refractivity contribution is 5.91. The summed E-state index contributed by atoms with van der Waals surface area (Å²) in [6.45, 7) is 0.738. The van der Waals surface area contributed by atoms with E-state index in [-0.39, 0.29) is 45.1 Å². The highest BCUT2D eigenvalue weighted by atomic mass is 16.7. The maximum absolute atomic E-state index is 13.5. The number of aromatic amines is 1. The number of carbonyl (C=O) groups is 6. The van der Waals surface area contributed by atoms with Crippen LogP contribution in [0.5, 0.6) is 0 Å². The largest absolute Gasteiger partial charge is 0.481 e. The van der Waals surface area contributed by atoms with E-state index in [0.29, 0.717) is 5.56 Å². The van der Waals surface area contributed by atoms with E-state index in [0.717, 1.165) is 16.5 Å². The van der Waals surface area contributed by atoms with E-state index in [4.69, 9.17) is 14.6 Å². The third-order valence-corrected chi connectivity index (χ3v) is 6.87. The molecule has 0 aliphatic heterocycles. The molecule has 45 heavy (non-hydrogen) atoms. The van der Waals surface area contributed by atoms with Crippen LogP contribution in [0, 0.1) is 0 Å². The summed E-state index contributed by atoms with van der Waals surface area (Å²) in [5, 5.41) is 26.8. The number of hydrogen-bond acceptors (Lipinski definition) is 8. The normalized spacial score (nSPS) is 12.7. The molecule has 2 unspecified atom stereocenters. The third kappa shape index (κ3) is 11.0. The van der Waals surface area contributed by atoms with Crippen molar-refractivity contribution in [1.82, 2.24) is 20.9 Å². The van der Waals surface area contributed by atoms with E-state index < -0.39 is 54.2 Å². The molecule has 2 aromatic carbocycles. The van der Waals surface area contributed by atoms with Crippen LogP contribution in [0.15, 0.2) is 60.8 Å². The van der Waals surface area contributed by atoms with E-state index in [1.165, 1.54) is 6.92 Å². The van der Waals surface area contributed by atoms with Crippen LogP contribution in [0.25, 0.3) is 10.9 Å². The van der Waals surface area contributed by atoms with E-state index in [1.54, 1.807) is 36.5 Å². The van der Waals surface area contributed by atoms with Crippen LogP contribution < -0.4 is 16.0 Å². The summed E-state index contributed by atoms with van der Waals surface area (Å²) < 4.78 is 9.53. The smallest absolute Gasteiger partial charge is 0.405 e. The van der Waals surface area contributed by atoms with Gasteiger partial charge in [0.05, 0.1) is 12.5 Å². The highest BCUT2D eigenvalue weighted by Gasteiger charge is 2.36. The van der Waals surface area contributed by atoms with Gasteiger partial charge in [0.1, 0.15) is 5.54 Å². The number of aliphatic carboxylic acids is 1. The molecular formula is C31H36N4O10. The van der Waals surface area contributed by atoms with Crippen molar-refractivity contribution in [2.75, 3.05) is 13.3 Å². The maximum atomic E-state index is 13.5. The number of amides is 3. The number of carboxylic acids is 1. The number of nitrogens with one attached hydrogen (secondary N) is 4. The molecule has 0 fully saturated rings. The predicted molar refractivity (Wildman–Crippen MR) is 160 cm³/mol. The minimum atomic E-state index is -1.55. The molecule has 14 heteroatoms. The van der Waals surface area contributed by atoms with Crippen molar-refractivity contribution in [3.8, 4) is 0 Å². The number of hydrogen-bond donors (Lipinski definition) is 6. The zero-order valence-electron chi connectivity index (χ0n) is 24.7. The molecule has 1 heterocycles. The number of esters is 2. The third-order valence-electron chi connectivity index (χ3n) is 6.87. The number of carbonyl (C=O) groups excluding carboxylic acids is 4. The fraction of sp³-hybridized carbons (Fsp3) is 0.355. The summed E-state index contributed by atoms with van der Waals surface area (Å²) in [5.41, 5.74) is 0.694. The Balaban J connectivity index is 1.57. The van der Waals surface area contributed by atoms with Gasteiger partial charge in [-0.15, -0.1) is 0 Å². The molecule has 3 aromatic rings. The lowest BCUT2D eigenvalue weighted by Crippen LogP contribution is -2.58. The molecule has 0 bridgehead atoms. The Morgan fingerprint density at radius 2 is 1.53 bits per heavy atom. The summed E-state index contributed by atoms with van der Waals surface area (Å²) in [5.74, 6) is -3.68. The van der Waals surface area contributed by atoms with Crippen LogP contribution in [0.3, 0.4) is 0 Å². The molecule has 240 valence electrons. The molecule has 0 aliphatic rings. The first-order valence-corrected chi connectivity index (χ1v) is 14.2. The molecule has 2 atom stereocenters. The molecule has 0 radical (unpaired) electrons. The van der Waals surface area contributed by atoms with E-state index >= 15 is 0 Å². The summed E-state index contributed by atoms with van der Waals surface area (Å²) >= 11 is 0. The summed E-state index contributed by atoms with van der Waals surface area (Å²) in [4.78, 5) is 75.1. The fourth-order valence-electron chi connectivity index (χ4n) is 4.57. The first-order valence-electron chi connectivity index (χ1n) is 14.2. The van der Waals surface area contributed by atoms with Gasteiger partial charge in [-0.3, -0.25) is 24.0 Å². The maximum Gasteiger partial charge on any atom is 0.405 e. The molecule has 1 aromatic heterocycles. The molecule has 3 rings (SSSR count). The van der Waals surface area contributed by atoms with Gasteiger partial charge in [0, 0.05) is 49.3 Å². The standard InChI is InChI=1S/C31H36N4O10/c1-31(35-30(42)43,16-21-17-32-23-11-6-5-10-22(21)23)29(41)33-18-24(20-8-3-2-4-9-20)34-25(36)14-15-28(40)45-19-44-27(39)13-7-12-26(37)38/h2-6,8-11,17,24,32,35H,7,12-16,18-19H2,1H3,(H,33,41)(H,34,36)(H,37,38)(H,42,43). The van der Waals surface area contributed by atoms with Gasteiger partial charge in [0.15, 0.2) is 0 Å². The van der Waals surface area contributed by atoms with Crippen molar-refractivity contribution in [3.63, 3.8) is 0 Å². The Hall–Kier alpha value is -5.40. The Morgan fingerprint density at radius 1 is 0.867 bits per heavy atom. The number of para-hydroxylation sites is 1. The quantitative estimate of drug-likeness (QED) is 0.0954. The van der Waals surface area contributed by atoms with Crippen LogP contribution in [-0.2, 0) is 39.9 Å². The molecular weight excluding hydrogens is 588 g/mol. The van der Waals surface area contributed by atoms with Crippen LogP contribution in [-0.4, -0.2) is 69.9 Å². The topological polar surface area (TPSA) is 213 Å². The molecule has 0 spiro atoms. The van der Waals surface area contributed by atoms with Gasteiger partial charge in [-0.25, -0.2) is 4.79 Å². The number of fused-ring (bicyclic) bond motifs is 1. The summed E-state index contributed by atoms with van der Waals surface area (Å²) in [7, 11) is 0. The Labute approximate surface area is 258 Å². The average Bonchev–Trinajstić information content (AvgIpc) is 3.40. The first-order chi connectivity index (χ1) is 21.5. The number of H-pyrrole nitrogens is 1. The van der Waals surface area contributed by atoms with Gasteiger partial charge in [-0.1, -0.05) is 48.5 Å². The van der Waals surface area contributed by atoms with Gasteiger partial charge < -0.3 is 40.6 Å². The second-order valence-electron chi connectivity index (χ2n) is 10.4. The van der Waals surface area contributed by atoms with Crippen molar-refractivity contribution < 1.29 is 48.5 Å². The van der Waals surface area contributed by atoms with Crippen molar-refractivity contribution in [2.24, 2.45) is 0 Å². The van der Waals surface area contributed by atoms with Crippen molar-refractivity contribution >= 4 is 46.7 Å². The predicted octanol–water partition coefficient (Wildman–Crippen LogP) is 2.79. The molecule has 14 nitrogen and oxygen atoms in total. The number of ether oxygens (including phenoxy) is 2. The van der Waals surface area contributed by atoms with Crippen molar-refractivity contribution in [2.45, 2.75) is 57.0 Å². The molecule has 3 amide bonds. The number of rotatable bonds is 17. The minimum absolute atomic E-state index is 0.0528. The minimum Gasteiger partial charge on any atom is -0.481 e.